The van der Waals surface area contributed by atoms with Crippen molar-refractivity contribution < 1.29 is 5.21 Å². The molecule has 1 N–H and O–H groups in total. The topological polar surface area (TPSA) is 32.6 Å². The van der Waals surface area contributed by atoms with Crippen molar-refractivity contribution in [3.63, 3.8) is 0 Å². The van der Waals surface area contributed by atoms with Crippen LogP contribution in [0.25, 0.3) is 21.5 Å². The third kappa shape index (κ3) is 1.64. The monoisotopic (exact) mass is 221 g/mol. The van der Waals surface area contributed by atoms with Gasteiger partial charge in [-0.3, -0.25) is 0 Å². The van der Waals surface area contributed by atoms with Gasteiger partial charge in [0, 0.05) is 0 Å². The van der Waals surface area contributed by atoms with E-state index in [1.54, 1.807) is 0 Å². The highest BCUT2D eigenvalue weighted by Crippen LogP contribution is 2.25. The van der Waals surface area contributed by atoms with E-state index in [1.807, 2.05) is 30.3 Å². The Balaban J connectivity index is 2.42. The van der Waals surface area contributed by atoms with Crippen molar-refractivity contribution in [1.29, 1.82) is 0 Å². The quantitative estimate of drug-likeness (QED) is 0.288. The largest absolute Gasteiger partial charge is 0.411 e. The van der Waals surface area contributed by atoms with Crippen LogP contribution >= 0.6 is 0 Å². The van der Waals surface area contributed by atoms with E-state index >= 15 is 0 Å². The number of benzene rings is 3. The normalized spacial score (nSPS) is 11.5. The van der Waals surface area contributed by atoms with Gasteiger partial charge in [0.05, 0.1) is 6.21 Å². The van der Waals surface area contributed by atoms with Crippen molar-refractivity contribution in [3.05, 3.63) is 60.2 Å². The maximum absolute atomic E-state index is 8.57. The third-order valence-electron chi connectivity index (χ3n) is 2.98. The van der Waals surface area contributed by atoms with Crippen molar-refractivity contribution in [2.24, 2.45) is 5.16 Å². The first-order valence-corrected chi connectivity index (χ1v) is 5.47. The van der Waals surface area contributed by atoms with Gasteiger partial charge >= 0.3 is 0 Å². The molecule has 0 saturated carbocycles. The highest BCUT2D eigenvalue weighted by atomic mass is 16.4. The molecule has 0 atom stereocenters. The lowest BCUT2D eigenvalue weighted by Crippen LogP contribution is -1.83. The van der Waals surface area contributed by atoms with Crippen molar-refractivity contribution in [3.8, 4) is 0 Å². The average molecular weight is 221 g/mol. The van der Waals surface area contributed by atoms with Crippen molar-refractivity contribution >= 4 is 27.8 Å². The van der Waals surface area contributed by atoms with E-state index in [9.17, 15) is 0 Å². The SMILES string of the molecule is ON=Cc1ccc2ccc3ccccc3c2c1. The first kappa shape index (κ1) is 9.85. The molecule has 0 fully saturated rings. The van der Waals surface area contributed by atoms with Crippen LogP contribution in [0.3, 0.4) is 0 Å². The molecule has 0 amide bonds. The van der Waals surface area contributed by atoms with Crippen LogP contribution in [0.1, 0.15) is 5.56 Å². The average Bonchev–Trinajstić information content (AvgIpc) is 2.39. The maximum Gasteiger partial charge on any atom is 0.0734 e. The van der Waals surface area contributed by atoms with Crippen molar-refractivity contribution in [1.82, 2.24) is 0 Å². The molecule has 0 unspecified atom stereocenters. The van der Waals surface area contributed by atoms with Gasteiger partial charge in [0.1, 0.15) is 0 Å². The number of hydrogen-bond acceptors (Lipinski definition) is 2. The van der Waals surface area contributed by atoms with Gasteiger partial charge in [0.2, 0.25) is 0 Å². The molecule has 2 nitrogen and oxygen atoms in total. The van der Waals surface area contributed by atoms with Crippen LogP contribution in [0.15, 0.2) is 59.8 Å². The molecule has 0 saturated heterocycles. The van der Waals surface area contributed by atoms with E-state index < -0.39 is 0 Å². The fourth-order valence-corrected chi connectivity index (χ4v) is 2.17. The summed E-state index contributed by atoms with van der Waals surface area (Å²) in [6.45, 7) is 0. The fraction of sp³-hybridized carbons (Fsp3) is 0. The van der Waals surface area contributed by atoms with E-state index in [0.717, 1.165) is 5.56 Å². The predicted molar refractivity (Wildman–Crippen MR) is 70.8 cm³/mol. The Bertz CT molecular complexity index is 716. The van der Waals surface area contributed by atoms with E-state index in [2.05, 4.69) is 29.4 Å². The molecule has 0 spiro atoms. The van der Waals surface area contributed by atoms with Crippen LogP contribution in [-0.2, 0) is 0 Å². The molecular formula is C15H11NO. The molecule has 2 heteroatoms. The van der Waals surface area contributed by atoms with Gasteiger partial charge < -0.3 is 5.21 Å². The Hall–Kier alpha value is -2.35. The number of rotatable bonds is 1. The minimum atomic E-state index is 0.899. The highest BCUT2D eigenvalue weighted by molar-refractivity contribution is 6.08. The minimum Gasteiger partial charge on any atom is -0.411 e. The Kier molecular flexibility index (Phi) is 2.26. The number of oxime groups is 1. The van der Waals surface area contributed by atoms with Crippen LogP contribution < -0.4 is 0 Å². The molecule has 3 aromatic rings. The van der Waals surface area contributed by atoms with Gasteiger partial charge in [-0.05, 0) is 33.2 Å². The summed E-state index contributed by atoms with van der Waals surface area (Å²) in [4.78, 5) is 0. The van der Waals surface area contributed by atoms with Crippen LogP contribution in [0, 0.1) is 0 Å². The summed E-state index contributed by atoms with van der Waals surface area (Å²) >= 11 is 0. The van der Waals surface area contributed by atoms with Crippen LogP contribution in [0.4, 0.5) is 0 Å². The smallest absolute Gasteiger partial charge is 0.0734 e. The predicted octanol–water partition coefficient (Wildman–Crippen LogP) is 3.80. The molecule has 0 aliphatic carbocycles. The van der Waals surface area contributed by atoms with Gasteiger partial charge in [-0.15, -0.1) is 0 Å². The molecule has 0 bridgehead atoms. The third-order valence-corrected chi connectivity index (χ3v) is 2.98. The Morgan fingerprint density at radius 2 is 1.53 bits per heavy atom. The molecular weight excluding hydrogens is 210 g/mol. The lowest BCUT2D eigenvalue weighted by Gasteiger charge is -2.04. The summed E-state index contributed by atoms with van der Waals surface area (Å²) in [5.74, 6) is 0. The molecule has 0 aromatic heterocycles. The standard InChI is InChI=1S/C15H11NO/c17-16-10-11-5-6-13-8-7-12-3-1-2-4-14(12)15(13)9-11/h1-10,17H. The zero-order chi connectivity index (χ0) is 11.7. The zero-order valence-electron chi connectivity index (χ0n) is 9.17. The molecule has 82 valence electrons. The molecule has 0 aliphatic heterocycles. The van der Waals surface area contributed by atoms with Crippen molar-refractivity contribution in [2.45, 2.75) is 0 Å². The fourth-order valence-electron chi connectivity index (χ4n) is 2.17. The first-order valence-electron chi connectivity index (χ1n) is 5.47. The van der Waals surface area contributed by atoms with Crippen LogP contribution in [-0.4, -0.2) is 11.4 Å². The van der Waals surface area contributed by atoms with Crippen molar-refractivity contribution in [2.75, 3.05) is 0 Å². The van der Waals surface area contributed by atoms with Crippen LogP contribution in [0.5, 0.6) is 0 Å². The molecule has 0 radical (unpaired) electrons. The summed E-state index contributed by atoms with van der Waals surface area (Å²) < 4.78 is 0. The number of hydrogen-bond donors (Lipinski definition) is 1. The highest BCUT2D eigenvalue weighted by Gasteiger charge is 2.00. The summed E-state index contributed by atoms with van der Waals surface area (Å²) in [7, 11) is 0. The first-order chi connectivity index (χ1) is 8.38. The zero-order valence-corrected chi connectivity index (χ0v) is 9.17. The number of fused-ring (bicyclic) bond motifs is 3. The van der Waals surface area contributed by atoms with E-state index in [0.29, 0.717) is 0 Å². The van der Waals surface area contributed by atoms with Gasteiger partial charge in [-0.1, -0.05) is 53.7 Å². The van der Waals surface area contributed by atoms with E-state index in [1.165, 1.54) is 27.8 Å². The number of nitrogens with zero attached hydrogens (tertiary/aromatic N) is 1. The molecule has 3 rings (SSSR count). The van der Waals surface area contributed by atoms with Gasteiger partial charge in [0.15, 0.2) is 0 Å². The van der Waals surface area contributed by atoms with Gasteiger partial charge in [-0.2, -0.15) is 0 Å². The van der Waals surface area contributed by atoms with Crippen LogP contribution in [0.2, 0.25) is 0 Å². The summed E-state index contributed by atoms with van der Waals surface area (Å²) in [6, 6.07) is 18.5. The Morgan fingerprint density at radius 1 is 0.824 bits per heavy atom. The summed E-state index contributed by atoms with van der Waals surface area (Å²) in [5, 5.41) is 16.5. The molecule has 0 aliphatic rings. The maximum atomic E-state index is 8.57. The second-order valence-electron chi connectivity index (χ2n) is 4.01. The van der Waals surface area contributed by atoms with Gasteiger partial charge in [-0.25, -0.2) is 0 Å². The minimum absolute atomic E-state index is 0.899. The Labute approximate surface area is 98.8 Å². The molecule has 0 heterocycles. The lowest BCUT2D eigenvalue weighted by molar-refractivity contribution is 0.322. The second kappa shape index (κ2) is 3.91. The Morgan fingerprint density at radius 3 is 2.35 bits per heavy atom. The molecule has 3 aromatic carbocycles. The van der Waals surface area contributed by atoms with Gasteiger partial charge in [0.25, 0.3) is 0 Å². The summed E-state index contributed by atoms with van der Waals surface area (Å²) in [6.07, 6.45) is 1.45. The van der Waals surface area contributed by atoms with E-state index in [4.69, 9.17) is 5.21 Å². The lowest BCUT2D eigenvalue weighted by atomic mass is 10.0. The second-order valence-corrected chi connectivity index (χ2v) is 4.01. The summed E-state index contributed by atoms with van der Waals surface area (Å²) in [5.41, 5.74) is 0.899. The van der Waals surface area contributed by atoms with E-state index in [-0.39, 0.29) is 0 Å². The molecule has 17 heavy (non-hydrogen) atoms.